The Labute approximate surface area is 176 Å². The maximum atomic E-state index is 13.3. The highest BCUT2D eigenvalue weighted by Gasteiger charge is 2.28. The van der Waals surface area contributed by atoms with Crippen molar-refractivity contribution >= 4 is 27.8 Å². The molecule has 0 saturated heterocycles. The van der Waals surface area contributed by atoms with Gasteiger partial charge in [-0.3, -0.25) is 14.1 Å². The Morgan fingerprint density at radius 3 is 2.53 bits per heavy atom. The number of hydrogen-bond donors (Lipinski definition) is 1. The third kappa shape index (κ3) is 5.09. The molecule has 1 heterocycles. The van der Waals surface area contributed by atoms with E-state index >= 15 is 0 Å². The van der Waals surface area contributed by atoms with E-state index in [2.05, 4.69) is 15.5 Å². The van der Waals surface area contributed by atoms with Gasteiger partial charge in [-0.2, -0.15) is 5.10 Å². The SMILES string of the molecule is Cc1ccc(N(CC(=O)N/N=C/c2cccnc2)S(=O)(=O)c2ccccc2)c(C)c1. The molecule has 0 aliphatic carbocycles. The van der Waals surface area contributed by atoms with Gasteiger partial charge in [0.2, 0.25) is 0 Å². The van der Waals surface area contributed by atoms with Crippen LogP contribution in [0.25, 0.3) is 0 Å². The molecule has 7 nitrogen and oxygen atoms in total. The van der Waals surface area contributed by atoms with E-state index in [1.807, 2.05) is 26.0 Å². The zero-order valence-electron chi connectivity index (χ0n) is 16.7. The van der Waals surface area contributed by atoms with Crippen LogP contribution in [-0.4, -0.2) is 32.1 Å². The van der Waals surface area contributed by atoms with Crippen LogP contribution >= 0.6 is 0 Å². The van der Waals surface area contributed by atoms with E-state index in [1.165, 1.54) is 18.3 Å². The van der Waals surface area contributed by atoms with Gasteiger partial charge in [0.1, 0.15) is 6.54 Å². The molecular weight excluding hydrogens is 400 g/mol. The van der Waals surface area contributed by atoms with Crippen molar-refractivity contribution in [2.45, 2.75) is 18.7 Å². The van der Waals surface area contributed by atoms with Crippen LogP contribution in [0.5, 0.6) is 0 Å². The average Bonchev–Trinajstić information content (AvgIpc) is 2.74. The van der Waals surface area contributed by atoms with Crippen LogP contribution in [-0.2, 0) is 14.8 Å². The fraction of sp³-hybridized carbons (Fsp3) is 0.136. The predicted octanol–water partition coefficient (Wildman–Crippen LogP) is 3.04. The molecule has 0 spiro atoms. The Bertz CT molecular complexity index is 1150. The Balaban J connectivity index is 1.88. The van der Waals surface area contributed by atoms with Crippen molar-refractivity contribution in [1.29, 1.82) is 0 Å². The van der Waals surface area contributed by atoms with Crippen LogP contribution < -0.4 is 9.73 Å². The van der Waals surface area contributed by atoms with Gasteiger partial charge in [0.15, 0.2) is 0 Å². The van der Waals surface area contributed by atoms with Gasteiger partial charge in [-0.15, -0.1) is 0 Å². The first kappa shape index (κ1) is 21.2. The van der Waals surface area contributed by atoms with Gasteiger partial charge in [-0.25, -0.2) is 13.8 Å². The lowest BCUT2D eigenvalue weighted by Gasteiger charge is -2.25. The lowest BCUT2D eigenvalue weighted by atomic mass is 10.1. The number of hydrogen-bond acceptors (Lipinski definition) is 5. The van der Waals surface area contributed by atoms with Gasteiger partial charge in [0.05, 0.1) is 16.8 Å². The lowest BCUT2D eigenvalue weighted by molar-refractivity contribution is -0.119. The first-order valence-electron chi connectivity index (χ1n) is 9.25. The Kier molecular flexibility index (Phi) is 6.58. The summed E-state index contributed by atoms with van der Waals surface area (Å²) in [4.78, 5) is 16.6. The van der Waals surface area contributed by atoms with Crippen LogP contribution in [0.15, 0.2) is 83.1 Å². The first-order chi connectivity index (χ1) is 14.4. The number of carbonyl (C=O) groups is 1. The molecule has 8 heteroatoms. The van der Waals surface area contributed by atoms with Crippen molar-refractivity contribution < 1.29 is 13.2 Å². The third-order valence-corrected chi connectivity index (χ3v) is 6.10. The molecule has 0 fully saturated rings. The molecule has 3 rings (SSSR count). The van der Waals surface area contributed by atoms with Crippen LogP contribution in [0.4, 0.5) is 5.69 Å². The Morgan fingerprint density at radius 2 is 1.87 bits per heavy atom. The maximum absolute atomic E-state index is 13.3. The summed E-state index contributed by atoms with van der Waals surface area (Å²) in [5, 5.41) is 3.89. The highest BCUT2D eigenvalue weighted by molar-refractivity contribution is 7.92. The number of aryl methyl sites for hydroxylation is 2. The summed E-state index contributed by atoms with van der Waals surface area (Å²) in [7, 11) is -3.95. The summed E-state index contributed by atoms with van der Waals surface area (Å²) < 4.78 is 27.7. The molecule has 0 aliphatic rings. The Hall–Kier alpha value is -3.52. The number of hydrazone groups is 1. The lowest BCUT2D eigenvalue weighted by Crippen LogP contribution is -2.40. The van der Waals surface area contributed by atoms with Gasteiger partial charge in [-0.05, 0) is 43.7 Å². The van der Waals surface area contributed by atoms with Gasteiger partial charge < -0.3 is 0 Å². The van der Waals surface area contributed by atoms with E-state index in [0.29, 0.717) is 11.3 Å². The number of rotatable bonds is 7. The van der Waals surface area contributed by atoms with Gasteiger partial charge >= 0.3 is 0 Å². The van der Waals surface area contributed by atoms with E-state index in [9.17, 15) is 13.2 Å². The second-order valence-electron chi connectivity index (χ2n) is 6.69. The molecular formula is C22H22N4O3S. The molecule has 0 radical (unpaired) electrons. The number of pyridine rings is 1. The molecule has 3 aromatic rings. The number of anilines is 1. The molecule has 0 saturated carbocycles. The summed E-state index contributed by atoms with van der Waals surface area (Å²) in [6.45, 7) is 3.33. The van der Waals surface area contributed by atoms with E-state index in [-0.39, 0.29) is 4.90 Å². The van der Waals surface area contributed by atoms with Crippen LogP contribution in [0, 0.1) is 13.8 Å². The van der Waals surface area contributed by atoms with Crippen molar-refractivity contribution in [2.75, 3.05) is 10.8 Å². The number of sulfonamides is 1. The summed E-state index contributed by atoms with van der Waals surface area (Å²) in [6, 6.07) is 17.0. The summed E-state index contributed by atoms with van der Waals surface area (Å²) in [6.07, 6.45) is 4.67. The van der Waals surface area contributed by atoms with E-state index in [0.717, 1.165) is 15.4 Å². The minimum absolute atomic E-state index is 0.108. The third-order valence-electron chi connectivity index (χ3n) is 4.33. The molecule has 0 aliphatic heterocycles. The molecule has 1 N–H and O–H groups in total. The van der Waals surface area contributed by atoms with E-state index < -0.39 is 22.5 Å². The van der Waals surface area contributed by atoms with Gasteiger partial charge in [0.25, 0.3) is 15.9 Å². The largest absolute Gasteiger partial charge is 0.271 e. The van der Waals surface area contributed by atoms with Crippen LogP contribution in [0.3, 0.4) is 0 Å². The number of benzene rings is 2. The van der Waals surface area contributed by atoms with Crippen molar-refractivity contribution in [3.63, 3.8) is 0 Å². The molecule has 2 aromatic carbocycles. The van der Waals surface area contributed by atoms with Crippen molar-refractivity contribution in [3.05, 3.63) is 89.7 Å². The summed E-state index contributed by atoms with van der Waals surface area (Å²) in [5.74, 6) is -0.561. The van der Waals surface area contributed by atoms with Crippen LogP contribution in [0.1, 0.15) is 16.7 Å². The second-order valence-corrected chi connectivity index (χ2v) is 8.56. The number of nitrogens with one attached hydrogen (secondary N) is 1. The normalized spacial score (nSPS) is 11.4. The van der Waals surface area contributed by atoms with Crippen molar-refractivity contribution in [1.82, 2.24) is 10.4 Å². The quantitative estimate of drug-likeness (QED) is 0.468. The standard InChI is InChI=1S/C22H22N4O3S/c1-17-10-11-21(18(2)13-17)26(30(28,29)20-8-4-3-5-9-20)16-22(27)25-24-15-19-7-6-12-23-14-19/h3-15H,16H2,1-2H3,(H,25,27)/b24-15+. The average molecular weight is 423 g/mol. The Morgan fingerprint density at radius 1 is 1.10 bits per heavy atom. The number of carbonyl (C=O) groups excluding carboxylic acids is 1. The molecule has 0 bridgehead atoms. The number of nitrogens with zero attached hydrogens (tertiary/aromatic N) is 3. The number of amides is 1. The number of aromatic nitrogens is 1. The fourth-order valence-electron chi connectivity index (χ4n) is 2.90. The van der Waals surface area contributed by atoms with Crippen molar-refractivity contribution in [3.8, 4) is 0 Å². The molecule has 30 heavy (non-hydrogen) atoms. The second kappa shape index (κ2) is 9.32. The maximum Gasteiger partial charge on any atom is 0.264 e. The molecule has 0 atom stereocenters. The molecule has 0 unspecified atom stereocenters. The molecule has 1 amide bonds. The fourth-order valence-corrected chi connectivity index (χ4v) is 4.41. The van der Waals surface area contributed by atoms with Gasteiger partial charge in [0, 0.05) is 18.0 Å². The highest BCUT2D eigenvalue weighted by Crippen LogP contribution is 2.27. The smallest absolute Gasteiger partial charge is 0.264 e. The van der Waals surface area contributed by atoms with E-state index in [1.54, 1.807) is 48.8 Å². The first-order valence-corrected chi connectivity index (χ1v) is 10.7. The van der Waals surface area contributed by atoms with Gasteiger partial charge in [-0.1, -0.05) is 42.0 Å². The summed E-state index contributed by atoms with van der Waals surface area (Å²) >= 11 is 0. The minimum Gasteiger partial charge on any atom is -0.271 e. The molecule has 154 valence electrons. The zero-order chi connectivity index (χ0) is 21.6. The monoisotopic (exact) mass is 422 g/mol. The van der Waals surface area contributed by atoms with E-state index in [4.69, 9.17) is 0 Å². The minimum atomic E-state index is -3.95. The van der Waals surface area contributed by atoms with Crippen LogP contribution in [0.2, 0.25) is 0 Å². The highest BCUT2D eigenvalue weighted by atomic mass is 32.2. The molecule has 1 aromatic heterocycles. The van der Waals surface area contributed by atoms with Crippen molar-refractivity contribution in [2.24, 2.45) is 5.10 Å². The zero-order valence-corrected chi connectivity index (χ0v) is 17.5. The summed E-state index contributed by atoms with van der Waals surface area (Å²) in [5.41, 5.74) is 5.28. The predicted molar refractivity (Wildman–Crippen MR) is 117 cm³/mol. The topological polar surface area (TPSA) is 91.7 Å².